The maximum Gasteiger partial charge on any atom is 0.471 e. The van der Waals surface area contributed by atoms with E-state index in [0.717, 1.165) is 24.3 Å². The lowest BCUT2D eigenvalue weighted by atomic mass is 10.2. The highest BCUT2D eigenvalue weighted by atomic mass is 32.2. The number of rotatable bonds is 5. The molecule has 0 spiro atoms. The number of carbonyl (C=O) groups excluding carboxylic acids is 1. The summed E-state index contributed by atoms with van der Waals surface area (Å²) in [5.74, 6) is -3.62. The van der Waals surface area contributed by atoms with Gasteiger partial charge in [0.2, 0.25) is 0 Å². The van der Waals surface area contributed by atoms with E-state index in [1.165, 1.54) is 29.6 Å². The van der Waals surface area contributed by atoms with Crippen LogP contribution in [-0.2, 0) is 14.8 Å². The van der Waals surface area contributed by atoms with Crippen LogP contribution in [0.1, 0.15) is 10.4 Å². The van der Waals surface area contributed by atoms with Crippen molar-refractivity contribution >= 4 is 33.3 Å². The summed E-state index contributed by atoms with van der Waals surface area (Å²) in [6.45, 7) is 0. The van der Waals surface area contributed by atoms with E-state index in [9.17, 15) is 31.2 Å². The number of carboxylic acid groups (broad SMARTS) is 1. The zero-order valence-corrected chi connectivity index (χ0v) is 13.6. The first-order valence-electron chi connectivity index (χ1n) is 6.84. The van der Waals surface area contributed by atoms with Gasteiger partial charge in [0.25, 0.3) is 10.0 Å². The normalized spacial score (nSPS) is 11.7. The molecule has 0 fully saturated rings. The number of hydrogen-bond donors (Lipinski definition) is 3. The van der Waals surface area contributed by atoms with Crippen LogP contribution in [0, 0.1) is 0 Å². The molecule has 0 aliphatic rings. The first kappa shape index (κ1) is 19.2. The maximum absolute atomic E-state index is 12.4. The van der Waals surface area contributed by atoms with E-state index in [4.69, 9.17) is 5.11 Å². The van der Waals surface area contributed by atoms with Crippen molar-refractivity contribution in [3.05, 3.63) is 54.1 Å². The molecule has 0 aromatic heterocycles. The Morgan fingerprint density at radius 1 is 1.00 bits per heavy atom. The smallest absolute Gasteiger partial charge is 0.471 e. The molecule has 3 N–H and O–H groups in total. The summed E-state index contributed by atoms with van der Waals surface area (Å²) in [5.41, 5.74) is -0.913. The molecular formula is C15H11F3N2O5S. The zero-order chi connectivity index (χ0) is 19.5. The molecule has 0 aliphatic heterocycles. The average molecular weight is 388 g/mol. The molecule has 0 aliphatic carbocycles. The molecule has 2 rings (SSSR count). The lowest BCUT2D eigenvalue weighted by molar-refractivity contribution is -0.167. The SMILES string of the molecule is O=C(O)c1ccccc1NS(=O)(=O)c1cccc(NC(=O)C(F)(F)F)c1. The highest BCUT2D eigenvalue weighted by Gasteiger charge is 2.38. The Morgan fingerprint density at radius 3 is 2.27 bits per heavy atom. The number of benzene rings is 2. The van der Waals surface area contributed by atoms with Gasteiger partial charge in [0.15, 0.2) is 0 Å². The van der Waals surface area contributed by atoms with Gasteiger partial charge in [-0.3, -0.25) is 9.52 Å². The van der Waals surface area contributed by atoms with Crippen molar-refractivity contribution in [3.8, 4) is 0 Å². The molecule has 0 radical (unpaired) electrons. The first-order valence-corrected chi connectivity index (χ1v) is 8.32. The Kier molecular flexibility index (Phi) is 5.21. The van der Waals surface area contributed by atoms with Crippen LogP contribution < -0.4 is 10.0 Å². The quantitative estimate of drug-likeness (QED) is 0.729. The summed E-state index contributed by atoms with van der Waals surface area (Å²) in [4.78, 5) is 21.6. The van der Waals surface area contributed by atoms with Crippen molar-refractivity contribution in [2.45, 2.75) is 11.1 Å². The molecule has 138 valence electrons. The number of anilines is 2. The third-order valence-electron chi connectivity index (χ3n) is 3.06. The Morgan fingerprint density at radius 2 is 1.65 bits per heavy atom. The molecule has 0 unspecified atom stereocenters. The molecule has 7 nitrogen and oxygen atoms in total. The minimum atomic E-state index is -5.13. The molecule has 11 heteroatoms. The zero-order valence-electron chi connectivity index (χ0n) is 12.7. The second-order valence-corrected chi connectivity index (χ2v) is 6.62. The van der Waals surface area contributed by atoms with Gasteiger partial charge in [0.1, 0.15) is 0 Å². The topological polar surface area (TPSA) is 113 Å². The summed E-state index contributed by atoms with van der Waals surface area (Å²) in [7, 11) is -4.31. The summed E-state index contributed by atoms with van der Waals surface area (Å²) in [6, 6.07) is 9.30. The predicted molar refractivity (Wildman–Crippen MR) is 85.3 cm³/mol. The highest BCUT2D eigenvalue weighted by molar-refractivity contribution is 7.92. The van der Waals surface area contributed by atoms with E-state index >= 15 is 0 Å². The molecule has 0 saturated heterocycles. The Labute approximate surface area is 145 Å². The van der Waals surface area contributed by atoms with Crippen LogP contribution in [0.5, 0.6) is 0 Å². The summed E-state index contributed by atoms with van der Waals surface area (Å²) in [6.07, 6.45) is -5.13. The Balaban J connectivity index is 2.32. The van der Waals surface area contributed by atoms with Crippen molar-refractivity contribution in [1.29, 1.82) is 0 Å². The monoisotopic (exact) mass is 388 g/mol. The van der Waals surface area contributed by atoms with Crippen molar-refractivity contribution in [2.24, 2.45) is 0 Å². The van der Waals surface area contributed by atoms with E-state index in [1.807, 2.05) is 0 Å². The van der Waals surface area contributed by atoms with Crippen LogP contribution in [-0.4, -0.2) is 31.6 Å². The summed E-state index contributed by atoms with van der Waals surface area (Å²) >= 11 is 0. The van der Waals surface area contributed by atoms with E-state index in [0.29, 0.717) is 0 Å². The second kappa shape index (κ2) is 7.04. The Bertz CT molecular complexity index is 958. The molecule has 2 aromatic rings. The first-order chi connectivity index (χ1) is 12.0. The van der Waals surface area contributed by atoms with Gasteiger partial charge in [-0.05, 0) is 30.3 Å². The van der Waals surface area contributed by atoms with Crippen molar-refractivity contribution in [2.75, 3.05) is 10.0 Å². The van der Waals surface area contributed by atoms with Gasteiger partial charge in [-0.1, -0.05) is 18.2 Å². The second-order valence-electron chi connectivity index (χ2n) is 4.94. The van der Waals surface area contributed by atoms with Gasteiger partial charge in [0.05, 0.1) is 16.1 Å². The van der Waals surface area contributed by atoms with Crippen molar-refractivity contribution in [3.63, 3.8) is 0 Å². The summed E-state index contributed by atoms with van der Waals surface area (Å²) < 4.78 is 63.6. The lowest BCUT2D eigenvalue weighted by Gasteiger charge is -2.12. The number of aromatic carboxylic acids is 1. The van der Waals surface area contributed by atoms with Crippen LogP contribution in [0.2, 0.25) is 0 Å². The fourth-order valence-electron chi connectivity index (χ4n) is 1.91. The molecule has 0 heterocycles. The number of amides is 1. The van der Waals surface area contributed by atoms with Crippen LogP contribution in [0.3, 0.4) is 0 Å². The average Bonchev–Trinajstić information content (AvgIpc) is 2.54. The highest BCUT2D eigenvalue weighted by Crippen LogP contribution is 2.23. The number of para-hydroxylation sites is 1. The molecule has 2 aromatic carbocycles. The van der Waals surface area contributed by atoms with Gasteiger partial charge < -0.3 is 10.4 Å². The largest absolute Gasteiger partial charge is 0.478 e. The number of sulfonamides is 1. The number of carboxylic acids is 1. The fraction of sp³-hybridized carbons (Fsp3) is 0.0667. The van der Waals surface area contributed by atoms with Crippen LogP contribution >= 0.6 is 0 Å². The van der Waals surface area contributed by atoms with E-state index in [2.05, 4.69) is 4.72 Å². The van der Waals surface area contributed by atoms with Gasteiger partial charge in [-0.2, -0.15) is 13.2 Å². The number of halogens is 3. The maximum atomic E-state index is 12.4. The predicted octanol–water partition coefficient (Wildman–Crippen LogP) is 2.69. The van der Waals surface area contributed by atoms with E-state index in [1.54, 1.807) is 0 Å². The van der Waals surface area contributed by atoms with Gasteiger partial charge in [-0.25, -0.2) is 13.2 Å². The van der Waals surface area contributed by atoms with Crippen LogP contribution in [0.15, 0.2) is 53.4 Å². The molecule has 0 atom stereocenters. The van der Waals surface area contributed by atoms with E-state index < -0.39 is 33.0 Å². The third-order valence-corrected chi connectivity index (χ3v) is 4.42. The number of hydrogen-bond acceptors (Lipinski definition) is 4. The number of carbonyl (C=O) groups is 2. The van der Waals surface area contributed by atoms with E-state index in [-0.39, 0.29) is 16.9 Å². The van der Waals surface area contributed by atoms with Crippen LogP contribution in [0.4, 0.5) is 24.5 Å². The van der Waals surface area contributed by atoms with Crippen molar-refractivity contribution < 1.29 is 36.3 Å². The van der Waals surface area contributed by atoms with Gasteiger partial charge in [-0.15, -0.1) is 0 Å². The minimum absolute atomic E-state index is 0.218. The molecule has 1 amide bonds. The molecule has 26 heavy (non-hydrogen) atoms. The summed E-state index contributed by atoms with van der Waals surface area (Å²) in [5, 5.41) is 10.6. The standard InChI is InChI=1S/C15H11F3N2O5S/c16-15(17,18)14(23)19-9-4-3-5-10(8-9)26(24,25)20-12-7-2-1-6-11(12)13(21)22/h1-8,20H,(H,19,23)(H,21,22). The lowest BCUT2D eigenvalue weighted by Crippen LogP contribution is -2.30. The van der Waals surface area contributed by atoms with Crippen LogP contribution in [0.25, 0.3) is 0 Å². The Hall–Kier alpha value is -3.08. The molecule has 0 bridgehead atoms. The van der Waals surface area contributed by atoms with Gasteiger partial charge >= 0.3 is 18.1 Å². The number of alkyl halides is 3. The number of nitrogens with one attached hydrogen (secondary N) is 2. The third kappa shape index (κ3) is 4.51. The van der Waals surface area contributed by atoms with Crippen molar-refractivity contribution in [1.82, 2.24) is 0 Å². The molecule has 0 saturated carbocycles. The fourth-order valence-corrected chi connectivity index (χ4v) is 3.03. The minimum Gasteiger partial charge on any atom is -0.478 e. The molecular weight excluding hydrogens is 377 g/mol. The van der Waals surface area contributed by atoms with Gasteiger partial charge in [0, 0.05) is 5.69 Å².